The van der Waals surface area contributed by atoms with E-state index in [1.165, 1.54) is 18.2 Å². The van der Waals surface area contributed by atoms with Gasteiger partial charge in [-0.3, -0.25) is 4.79 Å². The lowest BCUT2D eigenvalue weighted by Gasteiger charge is -2.25. The molecule has 0 spiro atoms. The first-order valence-corrected chi connectivity index (χ1v) is 7.09. The molecule has 0 unspecified atom stereocenters. The molecule has 0 amide bonds. The van der Waals surface area contributed by atoms with Gasteiger partial charge in [0, 0.05) is 11.4 Å². The Hall–Kier alpha value is -0.930. The summed E-state index contributed by atoms with van der Waals surface area (Å²) >= 11 is 5.81. The molecule has 0 saturated heterocycles. The number of aliphatic hydroxyl groups is 1. The average molecular weight is 285 g/mol. The van der Waals surface area contributed by atoms with E-state index in [4.69, 9.17) is 11.6 Å². The fourth-order valence-corrected chi connectivity index (χ4v) is 2.80. The minimum atomic E-state index is -1.29. The van der Waals surface area contributed by atoms with Gasteiger partial charge in [-0.15, -0.1) is 0 Å². The standard InChI is InChI=1S/C15H18ClFO2/c16-12-5-6-13(17)11(9-12)10-14(18)15(19)7-3-1-2-4-8-15/h5-6,9,19H,1-4,7-8,10H2. The molecule has 1 aromatic rings. The molecule has 104 valence electrons. The summed E-state index contributed by atoms with van der Waals surface area (Å²) in [7, 11) is 0. The quantitative estimate of drug-likeness (QED) is 0.860. The molecule has 1 saturated carbocycles. The van der Waals surface area contributed by atoms with Crippen molar-refractivity contribution >= 4 is 17.4 Å². The molecule has 0 heterocycles. The Morgan fingerprint density at radius 2 is 1.89 bits per heavy atom. The summed E-state index contributed by atoms with van der Waals surface area (Å²) in [5.74, 6) is -0.745. The number of carbonyl (C=O) groups is 1. The number of halogens is 2. The first-order valence-electron chi connectivity index (χ1n) is 6.71. The van der Waals surface area contributed by atoms with Gasteiger partial charge in [0.2, 0.25) is 0 Å². The highest BCUT2D eigenvalue weighted by molar-refractivity contribution is 6.30. The van der Waals surface area contributed by atoms with Crippen molar-refractivity contribution in [2.75, 3.05) is 0 Å². The topological polar surface area (TPSA) is 37.3 Å². The second kappa shape index (κ2) is 6.02. The first kappa shape index (κ1) is 14.5. The Labute approximate surface area is 117 Å². The number of carbonyl (C=O) groups excluding carboxylic acids is 1. The van der Waals surface area contributed by atoms with Crippen molar-refractivity contribution in [1.29, 1.82) is 0 Å². The van der Waals surface area contributed by atoms with E-state index in [1.807, 2.05) is 0 Å². The molecule has 0 aliphatic heterocycles. The molecular formula is C15H18ClFO2. The predicted octanol–water partition coefficient (Wildman–Crippen LogP) is 3.68. The van der Waals surface area contributed by atoms with Gasteiger partial charge in [0.25, 0.3) is 0 Å². The SMILES string of the molecule is O=C(Cc1cc(Cl)ccc1F)C1(O)CCCCCC1. The third kappa shape index (κ3) is 3.54. The maximum atomic E-state index is 13.6. The Bertz CT molecular complexity index is 465. The number of ketones is 1. The number of benzene rings is 1. The summed E-state index contributed by atoms with van der Waals surface area (Å²) in [5.41, 5.74) is -1.03. The van der Waals surface area contributed by atoms with Crippen LogP contribution in [-0.2, 0) is 11.2 Å². The Morgan fingerprint density at radius 3 is 2.53 bits per heavy atom. The van der Waals surface area contributed by atoms with Gasteiger partial charge >= 0.3 is 0 Å². The Kier molecular flexibility index (Phi) is 4.58. The molecule has 0 radical (unpaired) electrons. The highest BCUT2D eigenvalue weighted by Gasteiger charge is 2.35. The van der Waals surface area contributed by atoms with Crippen LogP contribution < -0.4 is 0 Å². The van der Waals surface area contributed by atoms with Gasteiger partial charge in [0.1, 0.15) is 11.4 Å². The zero-order chi connectivity index (χ0) is 13.9. The van der Waals surface area contributed by atoms with E-state index in [0.29, 0.717) is 17.9 Å². The normalized spacial score (nSPS) is 18.9. The van der Waals surface area contributed by atoms with Crippen molar-refractivity contribution in [2.24, 2.45) is 0 Å². The van der Waals surface area contributed by atoms with Crippen LogP contribution in [0.5, 0.6) is 0 Å². The maximum Gasteiger partial charge on any atom is 0.168 e. The maximum absolute atomic E-state index is 13.6. The second-order valence-corrected chi connectivity index (χ2v) is 5.72. The molecule has 4 heteroatoms. The number of rotatable bonds is 3. The average Bonchev–Trinajstić information content (AvgIpc) is 2.60. The zero-order valence-electron chi connectivity index (χ0n) is 10.8. The van der Waals surface area contributed by atoms with Crippen LogP contribution in [0.1, 0.15) is 44.1 Å². The van der Waals surface area contributed by atoms with Crippen LogP contribution >= 0.6 is 11.6 Å². The lowest BCUT2D eigenvalue weighted by Crippen LogP contribution is -2.39. The minimum absolute atomic E-state index is 0.0944. The molecule has 1 aliphatic rings. The predicted molar refractivity (Wildman–Crippen MR) is 72.8 cm³/mol. The number of hydrogen-bond donors (Lipinski definition) is 1. The van der Waals surface area contributed by atoms with Crippen LogP contribution in [0.4, 0.5) is 4.39 Å². The van der Waals surface area contributed by atoms with Crippen LogP contribution in [0.25, 0.3) is 0 Å². The lowest BCUT2D eigenvalue weighted by molar-refractivity contribution is -0.138. The molecule has 0 bridgehead atoms. The molecule has 1 aliphatic carbocycles. The van der Waals surface area contributed by atoms with Crippen molar-refractivity contribution in [3.63, 3.8) is 0 Å². The van der Waals surface area contributed by atoms with E-state index in [2.05, 4.69) is 0 Å². The van der Waals surface area contributed by atoms with Crippen molar-refractivity contribution < 1.29 is 14.3 Å². The van der Waals surface area contributed by atoms with E-state index in [0.717, 1.165) is 25.7 Å². The van der Waals surface area contributed by atoms with Gasteiger partial charge in [-0.05, 0) is 36.6 Å². The van der Waals surface area contributed by atoms with E-state index < -0.39 is 11.4 Å². The van der Waals surface area contributed by atoms with Gasteiger partial charge in [-0.2, -0.15) is 0 Å². The molecule has 2 rings (SSSR count). The first-order chi connectivity index (χ1) is 9.01. The van der Waals surface area contributed by atoms with Gasteiger partial charge in [-0.25, -0.2) is 4.39 Å². The van der Waals surface area contributed by atoms with Crippen LogP contribution in [-0.4, -0.2) is 16.5 Å². The smallest absolute Gasteiger partial charge is 0.168 e. The number of Topliss-reactive ketones (excluding diaryl/α,β-unsaturated/α-hetero) is 1. The molecule has 0 atom stereocenters. The summed E-state index contributed by atoms with van der Waals surface area (Å²) < 4.78 is 13.6. The summed E-state index contributed by atoms with van der Waals surface area (Å²) in [6.07, 6.45) is 4.65. The summed E-state index contributed by atoms with van der Waals surface area (Å²) in [6, 6.07) is 4.15. The van der Waals surface area contributed by atoms with E-state index in [-0.39, 0.29) is 17.8 Å². The molecule has 1 fully saturated rings. The minimum Gasteiger partial charge on any atom is -0.382 e. The summed E-state index contributed by atoms with van der Waals surface area (Å²) in [5, 5.41) is 10.8. The summed E-state index contributed by atoms with van der Waals surface area (Å²) in [4.78, 5) is 12.2. The third-order valence-electron chi connectivity index (χ3n) is 3.81. The Balaban J connectivity index is 2.13. The monoisotopic (exact) mass is 284 g/mol. The highest BCUT2D eigenvalue weighted by Crippen LogP contribution is 2.29. The van der Waals surface area contributed by atoms with Crippen molar-refractivity contribution in [1.82, 2.24) is 0 Å². The molecular weight excluding hydrogens is 267 g/mol. The van der Waals surface area contributed by atoms with E-state index in [1.54, 1.807) is 0 Å². The number of hydrogen-bond acceptors (Lipinski definition) is 2. The largest absolute Gasteiger partial charge is 0.382 e. The molecule has 19 heavy (non-hydrogen) atoms. The lowest BCUT2D eigenvalue weighted by atomic mass is 9.86. The molecule has 1 N–H and O–H groups in total. The summed E-state index contributed by atoms with van der Waals surface area (Å²) in [6.45, 7) is 0. The fraction of sp³-hybridized carbons (Fsp3) is 0.533. The van der Waals surface area contributed by atoms with Crippen LogP contribution in [0.15, 0.2) is 18.2 Å². The molecule has 2 nitrogen and oxygen atoms in total. The highest BCUT2D eigenvalue weighted by atomic mass is 35.5. The molecule has 0 aromatic heterocycles. The third-order valence-corrected chi connectivity index (χ3v) is 4.04. The van der Waals surface area contributed by atoms with Crippen molar-refractivity contribution in [2.45, 2.75) is 50.5 Å². The van der Waals surface area contributed by atoms with E-state index in [9.17, 15) is 14.3 Å². The van der Waals surface area contributed by atoms with Crippen LogP contribution in [0.3, 0.4) is 0 Å². The van der Waals surface area contributed by atoms with Crippen LogP contribution in [0, 0.1) is 5.82 Å². The van der Waals surface area contributed by atoms with Gasteiger partial charge in [-0.1, -0.05) is 37.3 Å². The van der Waals surface area contributed by atoms with Gasteiger partial charge in [0.05, 0.1) is 0 Å². The second-order valence-electron chi connectivity index (χ2n) is 5.28. The van der Waals surface area contributed by atoms with Crippen LogP contribution in [0.2, 0.25) is 5.02 Å². The van der Waals surface area contributed by atoms with Crippen molar-refractivity contribution in [3.05, 3.63) is 34.6 Å². The van der Waals surface area contributed by atoms with E-state index >= 15 is 0 Å². The van der Waals surface area contributed by atoms with Gasteiger partial charge < -0.3 is 5.11 Å². The molecule has 1 aromatic carbocycles. The van der Waals surface area contributed by atoms with Crippen molar-refractivity contribution in [3.8, 4) is 0 Å². The van der Waals surface area contributed by atoms with Gasteiger partial charge in [0.15, 0.2) is 5.78 Å². The Morgan fingerprint density at radius 1 is 1.26 bits per heavy atom. The zero-order valence-corrected chi connectivity index (χ0v) is 11.5. The fourth-order valence-electron chi connectivity index (χ4n) is 2.61.